The van der Waals surface area contributed by atoms with Gasteiger partial charge >= 0.3 is 0 Å². The molecule has 0 radical (unpaired) electrons. The lowest BCUT2D eigenvalue weighted by Crippen LogP contribution is -2.47. The SMILES string of the molecule is CCOC(C1CC1)C(Cc1nccs1)NN. The first-order chi connectivity index (χ1) is 7.85. The molecule has 5 heteroatoms. The van der Waals surface area contributed by atoms with Crippen molar-refractivity contribution in [3.63, 3.8) is 0 Å². The molecule has 4 nitrogen and oxygen atoms in total. The molecule has 1 aliphatic rings. The zero-order valence-electron chi connectivity index (χ0n) is 9.56. The van der Waals surface area contributed by atoms with Crippen LogP contribution in [0.15, 0.2) is 11.6 Å². The quantitative estimate of drug-likeness (QED) is 0.558. The van der Waals surface area contributed by atoms with Gasteiger partial charge in [-0.05, 0) is 25.7 Å². The van der Waals surface area contributed by atoms with Gasteiger partial charge in [0.15, 0.2) is 0 Å². The van der Waals surface area contributed by atoms with E-state index in [0.29, 0.717) is 5.92 Å². The second-order valence-corrected chi connectivity index (χ2v) is 5.14. The van der Waals surface area contributed by atoms with Gasteiger partial charge in [0.05, 0.1) is 17.2 Å². The molecule has 1 aromatic rings. The van der Waals surface area contributed by atoms with Crippen molar-refractivity contribution in [2.75, 3.05) is 6.61 Å². The predicted octanol–water partition coefficient (Wildman–Crippen LogP) is 1.33. The molecule has 90 valence electrons. The summed E-state index contributed by atoms with van der Waals surface area (Å²) in [6.45, 7) is 2.78. The number of nitrogens with one attached hydrogen (secondary N) is 1. The standard InChI is InChI=1S/C11H19N3OS/c1-2-15-11(8-3-4-8)9(14-12)7-10-13-5-6-16-10/h5-6,8-9,11,14H,2-4,7,12H2,1H3. The molecule has 0 spiro atoms. The third-order valence-corrected chi connectivity index (χ3v) is 3.74. The Morgan fingerprint density at radius 2 is 2.50 bits per heavy atom. The summed E-state index contributed by atoms with van der Waals surface area (Å²) in [6, 6.07) is 0.179. The van der Waals surface area contributed by atoms with Crippen molar-refractivity contribution in [1.29, 1.82) is 0 Å². The molecule has 1 aliphatic carbocycles. The Morgan fingerprint density at radius 1 is 1.69 bits per heavy atom. The van der Waals surface area contributed by atoms with Gasteiger partial charge in [0.1, 0.15) is 0 Å². The first-order valence-electron chi connectivity index (χ1n) is 5.81. The van der Waals surface area contributed by atoms with Gasteiger partial charge < -0.3 is 4.74 Å². The minimum atomic E-state index is 0.179. The lowest BCUT2D eigenvalue weighted by Gasteiger charge is -2.25. The fraction of sp³-hybridized carbons (Fsp3) is 0.727. The van der Waals surface area contributed by atoms with Crippen molar-refractivity contribution in [2.24, 2.45) is 11.8 Å². The Bertz CT molecular complexity index is 300. The number of hydrogen-bond acceptors (Lipinski definition) is 5. The Balaban J connectivity index is 1.95. The molecule has 2 rings (SSSR count). The molecule has 16 heavy (non-hydrogen) atoms. The molecule has 1 heterocycles. The summed E-state index contributed by atoms with van der Waals surface area (Å²) in [6.07, 6.45) is 5.45. The molecule has 0 saturated heterocycles. The summed E-state index contributed by atoms with van der Waals surface area (Å²) in [4.78, 5) is 4.29. The maximum atomic E-state index is 5.80. The molecule has 1 fully saturated rings. The van der Waals surface area contributed by atoms with E-state index in [4.69, 9.17) is 10.6 Å². The summed E-state index contributed by atoms with van der Waals surface area (Å²) < 4.78 is 5.80. The number of nitrogens with zero attached hydrogens (tertiary/aromatic N) is 1. The molecule has 0 aromatic carbocycles. The van der Waals surface area contributed by atoms with Crippen LogP contribution in [0.1, 0.15) is 24.8 Å². The van der Waals surface area contributed by atoms with Gasteiger partial charge in [-0.1, -0.05) is 0 Å². The Labute approximate surface area is 100 Å². The Kier molecular flexibility index (Phi) is 4.29. The number of nitrogens with two attached hydrogens (primary N) is 1. The molecule has 1 saturated carbocycles. The third kappa shape index (κ3) is 3.01. The van der Waals surface area contributed by atoms with Crippen LogP contribution in [0.2, 0.25) is 0 Å². The van der Waals surface area contributed by atoms with Crippen molar-refractivity contribution in [3.05, 3.63) is 16.6 Å². The zero-order valence-corrected chi connectivity index (χ0v) is 10.4. The van der Waals surface area contributed by atoms with Crippen LogP contribution in [0.25, 0.3) is 0 Å². The van der Waals surface area contributed by atoms with Gasteiger partial charge in [-0.3, -0.25) is 11.3 Å². The Morgan fingerprint density at radius 3 is 3.00 bits per heavy atom. The van der Waals surface area contributed by atoms with Crippen molar-refractivity contribution in [2.45, 2.75) is 38.3 Å². The number of ether oxygens (including phenoxy) is 1. The van der Waals surface area contributed by atoms with Gasteiger partial charge in [0, 0.05) is 24.6 Å². The van der Waals surface area contributed by atoms with Crippen LogP contribution in [0.4, 0.5) is 0 Å². The van der Waals surface area contributed by atoms with Gasteiger partial charge in [0.2, 0.25) is 0 Å². The van der Waals surface area contributed by atoms with Crippen LogP contribution in [0, 0.1) is 5.92 Å². The van der Waals surface area contributed by atoms with Crippen molar-refractivity contribution in [3.8, 4) is 0 Å². The summed E-state index contributed by atoms with van der Waals surface area (Å²) >= 11 is 1.67. The van der Waals surface area contributed by atoms with E-state index >= 15 is 0 Å². The average molecular weight is 241 g/mol. The highest BCUT2D eigenvalue weighted by Gasteiger charge is 2.37. The van der Waals surface area contributed by atoms with Gasteiger partial charge in [-0.25, -0.2) is 4.98 Å². The van der Waals surface area contributed by atoms with Crippen molar-refractivity contribution < 1.29 is 4.74 Å². The van der Waals surface area contributed by atoms with E-state index in [-0.39, 0.29) is 12.1 Å². The highest BCUT2D eigenvalue weighted by molar-refractivity contribution is 7.09. The third-order valence-electron chi connectivity index (χ3n) is 2.93. The van der Waals surface area contributed by atoms with Crippen molar-refractivity contribution in [1.82, 2.24) is 10.4 Å². The predicted molar refractivity (Wildman–Crippen MR) is 65.1 cm³/mol. The van der Waals surface area contributed by atoms with Gasteiger partial charge in [0.25, 0.3) is 0 Å². The van der Waals surface area contributed by atoms with Crippen LogP contribution >= 0.6 is 11.3 Å². The molecule has 0 aliphatic heterocycles. The first kappa shape index (κ1) is 12.0. The average Bonchev–Trinajstić information content (AvgIpc) is 3.01. The summed E-state index contributed by atoms with van der Waals surface area (Å²) in [5.74, 6) is 6.31. The smallest absolute Gasteiger partial charge is 0.0941 e. The number of aromatic nitrogens is 1. The topological polar surface area (TPSA) is 60.2 Å². The second-order valence-electron chi connectivity index (χ2n) is 4.16. The summed E-state index contributed by atoms with van der Waals surface area (Å²) in [5.41, 5.74) is 2.89. The molecular formula is C11H19N3OS. The van der Waals surface area contributed by atoms with E-state index in [9.17, 15) is 0 Å². The molecule has 1 aromatic heterocycles. The number of thiazole rings is 1. The summed E-state index contributed by atoms with van der Waals surface area (Å²) in [5, 5.41) is 3.11. The van der Waals surface area contributed by atoms with E-state index < -0.39 is 0 Å². The fourth-order valence-corrected chi connectivity index (χ4v) is 2.69. The first-order valence-corrected chi connectivity index (χ1v) is 6.69. The lowest BCUT2D eigenvalue weighted by atomic mass is 10.0. The second kappa shape index (κ2) is 5.72. The number of hydrogen-bond donors (Lipinski definition) is 2. The fourth-order valence-electron chi connectivity index (χ4n) is 2.01. The highest BCUT2D eigenvalue weighted by Crippen LogP contribution is 2.36. The van der Waals surface area contributed by atoms with E-state index in [2.05, 4.69) is 10.4 Å². The van der Waals surface area contributed by atoms with E-state index in [0.717, 1.165) is 18.0 Å². The minimum Gasteiger partial charge on any atom is -0.377 e. The van der Waals surface area contributed by atoms with Gasteiger partial charge in [-0.2, -0.15) is 0 Å². The van der Waals surface area contributed by atoms with E-state index in [1.54, 1.807) is 11.3 Å². The molecule has 2 unspecified atom stereocenters. The normalized spacial score (nSPS) is 19.6. The van der Waals surface area contributed by atoms with Crippen LogP contribution in [-0.2, 0) is 11.2 Å². The lowest BCUT2D eigenvalue weighted by molar-refractivity contribution is 0.0192. The van der Waals surface area contributed by atoms with Gasteiger partial charge in [-0.15, -0.1) is 11.3 Å². The maximum Gasteiger partial charge on any atom is 0.0941 e. The minimum absolute atomic E-state index is 0.179. The molecule has 2 atom stereocenters. The molecular weight excluding hydrogens is 222 g/mol. The van der Waals surface area contributed by atoms with Crippen LogP contribution in [0.5, 0.6) is 0 Å². The van der Waals surface area contributed by atoms with Crippen LogP contribution in [0.3, 0.4) is 0 Å². The molecule has 3 N–H and O–H groups in total. The van der Waals surface area contributed by atoms with E-state index in [1.165, 1.54) is 12.8 Å². The number of hydrazine groups is 1. The van der Waals surface area contributed by atoms with Crippen LogP contribution in [-0.4, -0.2) is 23.7 Å². The largest absolute Gasteiger partial charge is 0.377 e. The van der Waals surface area contributed by atoms with E-state index in [1.807, 2.05) is 18.5 Å². The maximum absolute atomic E-state index is 5.80. The highest BCUT2D eigenvalue weighted by atomic mass is 32.1. The van der Waals surface area contributed by atoms with Crippen LogP contribution < -0.4 is 11.3 Å². The van der Waals surface area contributed by atoms with Crippen molar-refractivity contribution >= 4 is 11.3 Å². The Hall–Kier alpha value is -0.490. The number of rotatable bonds is 7. The molecule has 0 bridgehead atoms. The summed E-state index contributed by atoms with van der Waals surface area (Å²) in [7, 11) is 0. The monoisotopic (exact) mass is 241 g/mol. The zero-order chi connectivity index (χ0) is 11.4. The molecule has 0 amide bonds.